The van der Waals surface area contributed by atoms with Crippen LogP contribution < -0.4 is 4.74 Å². The van der Waals surface area contributed by atoms with E-state index >= 15 is 0 Å². The molecular weight excluding hydrogens is 246 g/mol. The van der Waals surface area contributed by atoms with Crippen molar-refractivity contribution in [1.29, 1.82) is 0 Å². The lowest BCUT2D eigenvalue weighted by molar-refractivity contribution is -0.151. The molecule has 2 aliphatic heterocycles. The lowest BCUT2D eigenvalue weighted by atomic mass is 9.73. The maximum Gasteiger partial charge on any atom is 0.315 e. The number of nitrogens with zero attached hydrogens (tertiary/aromatic N) is 1. The van der Waals surface area contributed by atoms with Gasteiger partial charge in [-0.3, -0.25) is 9.69 Å². The van der Waals surface area contributed by atoms with E-state index in [1.807, 2.05) is 29.2 Å². The second-order valence-electron chi connectivity index (χ2n) is 5.30. The maximum absolute atomic E-state index is 11.7. The minimum absolute atomic E-state index is 0.0466. The van der Waals surface area contributed by atoms with Crippen molar-refractivity contribution in [1.82, 2.24) is 4.90 Å². The number of carboxylic acids is 1. The van der Waals surface area contributed by atoms with Crippen LogP contribution in [-0.2, 0) is 4.79 Å². The smallest absolute Gasteiger partial charge is 0.315 e. The summed E-state index contributed by atoms with van der Waals surface area (Å²) in [5, 5.41) is 18.7. The molecule has 1 aromatic carbocycles. The van der Waals surface area contributed by atoms with Gasteiger partial charge < -0.3 is 14.9 Å². The third-order valence-corrected chi connectivity index (χ3v) is 4.24. The summed E-state index contributed by atoms with van der Waals surface area (Å²) in [6, 6.07) is 7.64. The van der Waals surface area contributed by atoms with E-state index < -0.39 is 11.4 Å². The Labute approximate surface area is 111 Å². The molecule has 5 heteroatoms. The molecule has 1 saturated heterocycles. The van der Waals surface area contributed by atoms with Gasteiger partial charge in [0, 0.05) is 25.6 Å². The topological polar surface area (TPSA) is 70.0 Å². The molecule has 0 aromatic heterocycles. The molecule has 3 rings (SSSR count). The van der Waals surface area contributed by atoms with Gasteiger partial charge in [0.2, 0.25) is 0 Å². The van der Waals surface area contributed by atoms with E-state index in [1.54, 1.807) is 0 Å². The Hall–Kier alpha value is -1.59. The Morgan fingerprint density at radius 1 is 1.47 bits per heavy atom. The van der Waals surface area contributed by atoms with Gasteiger partial charge in [-0.15, -0.1) is 0 Å². The number of carboxylic acid groups (broad SMARTS) is 1. The predicted octanol–water partition coefficient (Wildman–Crippen LogP) is 0.542. The fraction of sp³-hybridized carbons (Fsp3) is 0.500. The molecule has 102 valence electrons. The summed E-state index contributed by atoms with van der Waals surface area (Å²) in [7, 11) is 0. The molecule has 0 aliphatic carbocycles. The lowest BCUT2D eigenvalue weighted by Crippen LogP contribution is -2.45. The van der Waals surface area contributed by atoms with E-state index in [4.69, 9.17) is 9.84 Å². The van der Waals surface area contributed by atoms with Crippen molar-refractivity contribution in [2.75, 3.05) is 32.8 Å². The number of benzene rings is 1. The van der Waals surface area contributed by atoms with Crippen LogP contribution in [0.2, 0.25) is 0 Å². The molecule has 2 atom stereocenters. The molecule has 0 spiro atoms. The SMILES string of the molecule is O=C(O)[C@@]12COc3ccccc3[C@@H]1CN(CCO)C2. The Balaban J connectivity index is 2.01. The zero-order valence-corrected chi connectivity index (χ0v) is 10.6. The molecule has 0 unspecified atom stereocenters. The van der Waals surface area contributed by atoms with Crippen LogP contribution in [0.1, 0.15) is 11.5 Å². The number of para-hydroxylation sites is 1. The van der Waals surface area contributed by atoms with Crippen LogP contribution in [0.3, 0.4) is 0 Å². The molecule has 2 aliphatic rings. The standard InChI is InChI=1S/C14H17NO4/c16-6-5-15-7-11-10-3-1-2-4-12(10)19-9-14(11,8-15)13(17)18/h1-4,11,16H,5-9H2,(H,17,18)/t11-,14-/m0/s1. The molecule has 1 aromatic rings. The minimum Gasteiger partial charge on any atom is -0.492 e. The Kier molecular flexibility index (Phi) is 2.95. The second kappa shape index (κ2) is 4.51. The summed E-state index contributed by atoms with van der Waals surface area (Å²) >= 11 is 0. The predicted molar refractivity (Wildman–Crippen MR) is 68.3 cm³/mol. The normalized spacial score (nSPS) is 29.4. The van der Waals surface area contributed by atoms with E-state index in [9.17, 15) is 9.90 Å². The average molecular weight is 263 g/mol. The zero-order chi connectivity index (χ0) is 13.5. The minimum atomic E-state index is -0.885. The zero-order valence-electron chi connectivity index (χ0n) is 10.6. The number of carbonyl (C=O) groups is 1. The summed E-state index contributed by atoms with van der Waals surface area (Å²) in [6.45, 7) is 1.85. The maximum atomic E-state index is 11.7. The van der Waals surface area contributed by atoms with Crippen molar-refractivity contribution >= 4 is 5.97 Å². The van der Waals surface area contributed by atoms with Crippen LogP contribution in [0.5, 0.6) is 5.75 Å². The van der Waals surface area contributed by atoms with Crippen molar-refractivity contribution in [2.45, 2.75) is 5.92 Å². The third-order valence-electron chi connectivity index (χ3n) is 4.24. The monoisotopic (exact) mass is 263 g/mol. The van der Waals surface area contributed by atoms with Crippen molar-refractivity contribution in [3.63, 3.8) is 0 Å². The van der Waals surface area contributed by atoms with Crippen molar-refractivity contribution in [3.05, 3.63) is 29.8 Å². The molecule has 1 fully saturated rings. The summed E-state index contributed by atoms with van der Waals surface area (Å²) < 4.78 is 5.66. The Bertz CT molecular complexity index is 504. The number of fused-ring (bicyclic) bond motifs is 3. The summed E-state index contributed by atoms with van der Waals surface area (Å²) in [5.74, 6) is -0.0934. The van der Waals surface area contributed by atoms with Gasteiger partial charge in [0.1, 0.15) is 17.8 Å². The lowest BCUT2D eigenvalue weighted by Gasteiger charge is -2.35. The van der Waals surface area contributed by atoms with E-state index in [0.717, 1.165) is 11.3 Å². The van der Waals surface area contributed by atoms with Gasteiger partial charge in [-0.05, 0) is 11.6 Å². The quantitative estimate of drug-likeness (QED) is 0.833. The number of hydrogen-bond acceptors (Lipinski definition) is 4. The van der Waals surface area contributed by atoms with Crippen LogP contribution in [-0.4, -0.2) is 53.9 Å². The van der Waals surface area contributed by atoms with Crippen molar-refractivity contribution in [3.8, 4) is 5.75 Å². The molecular formula is C14H17NO4. The van der Waals surface area contributed by atoms with Gasteiger partial charge in [-0.1, -0.05) is 18.2 Å². The van der Waals surface area contributed by atoms with Crippen LogP contribution in [0.15, 0.2) is 24.3 Å². The third kappa shape index (κ3) is 1.81. The first-order valence-electron chi connectivity index (χ1n) is 6.46. The number of likely N-dealkylation sites (tertiary alicyclic amines) is 1. The molecule has 2 heterocycles. The molecule has 5 nitrogen and oxygen atoms in total. The van der Waals surface area contributed by atoms with E-state index in [0.29, 0.717) is 19.6 Å². The van der Waals surface area contributed by atoms with E-state index in [-0.39, 0.29) is 19.1 Å². The first-order chi connectivity index (χ1) is 9.17. The number of aliphatic hydroxyl groups is 1. The highest BCUT2D eigenvalue weighted by atomic mass is 16.5. The largest absolute Gasteiger partial charge is 0.492 e. The second-order valence-corrected chi connectivity index (χ2v) is 5.30. The number of hydrogen-bond donors (Lipinski definition) is 2. The number of ether oxygens (including phenoxy) is 1. The van der Waals surface area contributed by atoms with Gasteiger partial charge in [-0.25, -0.2) is 0 Å². The highest BCUT2D eigenvalue weighted by Crippen LogP contribution is 2.49. The fourth-order valence-electron chi connectivity index (χ4n) is 3.25. The summed E-state index contributed by atoms with van der Waals surface area (Å²) in [4.78, 5) is 13.8. The van der Waals surface area contributed by atoms with Gasteiger partial charge in [-0.2, -0.15) is 0 Å². The van der Waals surface area contributed by atoms with E-state index in [1.165, 1.54) is 0 Å². The first kappa shape index (κ1) is 12.4. The molecule has 0 radical (unpaired) electrons. The van der Waals surface area contributed by atoms with Crippen LogP contribution in [0, 0.1) is 5.41 Å². The Morgan fingerprint density at radius 2 is 2.26 bits per heavy atom. The average Bonchev–Trinajstić information content (AvgIpc) is 2.79. The van der Waals surface area contributed by atoms with Crippen LogP contribution in [0.4, 0.5) is 0 Å². The van der Waals surface area contributed by atoms with Gasteiger partial charge >= 0.3 is 5.97 Å². The number of rotatable bonds is 3. The van der Waals surface area contributed by atoms with Crippen molar-refractivity contribution in [2.24, 2.45) is 5.41 Å². The van der Waals surface area contributed by atoms with Crippen LogP contribution >= 0.6 is 0 Å². The summed E-state index contributed by atoms with van der Waals surface area (Å²) in [5.41, 5.74) is 0.0837. The Morgan fingerprint density at radius 3 is 3.00 bits per heavy atom. The highest BCUT2D eigenvalue weighted by molar-refractivity contribution is 5.78. The number of aliphatic carboxylic acids is 1. The highest BCUT2D eigenvalue weighted by Gasteiger charge is 2.56. The number of aliphatic hydroxyl groups excluding tert-OH is 1. The fourth-order valence-corrected chi connectivity index (χ4v) is 3.25. The molecule has 0 saturated carbocycles. The summed E-state index contributed by atoms with van der Waals surface area (Å²) in [6.07, 6.45) is 0. The number of β-amino-alcohol motifs (C(OH)–C–C–N with tert-alkyl or cyclic N) is 1. The first-order valence-corrected chi connectivity index (χ1v) is 6.46. The van der Waals surface area contributed by atoms with Crippen LogP contribution in [0.25, 0.3) is 0 Å². The molecule has 19 heavy (non-hydrogen) atoms. The van der Waals surface area contributed by atoms with Gasteiger partial charge in [0.05, 0.1) is 6.61 Å². The van der Waals surface area contributed by atoms with Crippen molar-refractivity contribution < 1.29 is 19.7 Å². The van der Waals surface area contributed by atoms with Gasteiger partial charge in [0.15, 0.2) is 0 Å². The molecule has 0 bridgehead atoms. The van der Waals surface area contributed by atoms with E-state index in [2.05, 4.69) is 0 Å². The van der Waals surface area contributed by atoms with Gasteiger partial charge in [0.25, 0.3) is 0 Å². The molecule has 0 amide bonds. The molecule has 2 N–H and O–H groups in total.